The molecule has 2 aliphatic carbocycles. The molecule has 178 valence electrons. The molecule has 3 heterocycles. The number of carbonyl (C=O) groups is 1. The molecule has 1 aromatic carbocycles. The highest BCUT2D eigenvalue weighted by atomic mass is 16.2. The lowest BCUT2D eigenvalue weighted by Gasteiger charge is -2.47. The monoisotopic (exact) mass is 466 g/mol. The molecule has 0 unspecified atom stereocenters. The third-order valence-electron chi connectivity index (χ3n) is 8.59. The minimum Gasteiger partial charge on any atom is -0.369 e. The number of rotatable bonds is 3. The molecule has 2 N–H and O–H groups in total. The highest BCUT2D eigenvalue weighted by Crippen LogP contribution is 2.63. The van der Waals surface area contributed by atoms with E-state index in [9.17, 15) is 4.79 Å². The van der Waals surface area contributed by atoms with E-state index < -0.39 is 5.54 Å². The summed E-state index contributed by atoms with van der Waals surface area (Å²) < 4.78 is 0. The van der Waals surface area contributed by atoms with Gasteiger partial charge in [0.15, 0.2) is 11.5 Å². The number of aromatic nitrogens is 3. The number of carbonyl (C=O) groups excluding carboxylic acids is 1. The van der Waals surface area contributed by atoms with E-state index in [0.29, 0.717) is 17.7 Å². The average molecular weight is 467 g/mol. The Morgan fingerprint density at radius 2 is 1.89 bits per heavy atom. The van der Waals surface area contributed by atoms with Gasteiger partial charge < -0.3 is 5.73 Å². The second-order valence-corrected chi connectivity index (χ2v) is 10.5. The Morgan fingerprint density at radius 3 is 2.63 bits per heavy atom. The minimum absolute atomic E-state index is 0.0497. The number of nitrogens with two attached hydrogens (primary N) is 1. The summed E-state index contributed by atoms with van der Waals surface area (Å²) in [5.41, 5.74) is 9.46. The predicted octanol–water partition coefficient (Wildman–Crippen LogP) is 4.09. The van der Waals surface area contributed by atoms with Crippen molar-refractivity contribution in [3.63, 3.8) is 0 Å². The number of amides is 1. The summed E-state index contributed by atoms with van der Waals surface area (Å²) in [6.45, 7) is 4.85. The van der Waals surface area contributed by atoms with Crippen molar-refractivity contribution in [1.29, 1.82) is 0 Å². The Bertz CT molecular complexity index is 1310. The van der Waals surface area contributed by atoms with Gasteiger partial charge in [-0.05, 0) is 78.0 Å². The van der Waals surface area contributed by atoms with Crippen LogP contribution in [0.15, 0.2) is 66.2 Å². The Hall–Kier alpha value is -3.61. The second-order valence-electron chi connectivity index (χ2n) is 10.5. The lowest BCUT2D eigenvalue weighted by atomic mass is 9.57. The van der Waals surface area contributed by atoms with Crippen LogP contribution in [0.4, 0.5) is 0 Å². The van der Waals surface area contributed by atoms with E-state index in [2.05, 4.69) is 47.0 Å². The molecular weight excluding hydrogens is 436 g/mol. The Morgan fingerprint density at radius 1 is 1.06 bits per heavy atom. The van der Waals surface area contributed by atoms with Gasteiger partial charge in [-0.1, -0.05) is 32.0 Å². The maximum Gasteiger partial charge on any atom is 0.262 e. The molecular formula is C28H30N6O. The molecule has 35 heavy (non-hydrogen) atoms. The van der Waals surface area contributed by atoms with Gasteiger partial charge in [0.05, 0.1) is 6.54 Å². The van der Waals surface area contributed by atoms with Gasteiger partial charge in [-0.25, -0.2) is 15.0 Å². The lowest BCUT2D eigenvalue weighted by Crippen LogP contribution is -2.52. The molecule has 1 amide bonds. The first-order valence-corrected chi connectivity index (χ1v) is 12.4. The van der Waals surface area contributed by atoms with Crippen molar-refractivity contribution < 1.29 is 4.79 Å². The van der Waals surface area contributed by atoms with Gasteiger partial charge >= 0.3 is 0 Å². The largest absolute Gasteiger partial charge is 0.369 e. The van der Waals surface area contributed by atoms with Crippen LogP contribution in [0.5, 0.6) is 0 Å². The Kier molecular flexibility index (Phi) is 4.99. The molecule has 2 aromatic heterocycles. The van der Waals surface area contributed by atoms with E-state index in [4.69, 9.17) is 10.7 Å². The number of hydrogen-bond donors (Lipinski definition) is 1. The van der Waals surface area contributed by atoms with E-state index >= 15 is 0 Å². The van der Waals surface area contributed by atoms with Crippen LogP contribution < -0.4 is 5.73 Å². The third kappa shape index (κ3) is 3.21. The standard InChI is InChI=1S/C28H30N6O/c1-18-8-9-27(14-19(18)2)15-21-7-6-20(22-5-3-10-30-16-22)13-23(21)28(27)25(35)34(26(29)33-28)17-24-31-11-4-12-32-24/h3-7,10-13,16,18-19H,8-9,14-15,17H2,1-2H3,(H2,29,33)/t18-,19-,27-,28+/m0/s1. The molecule has 1 fully saturated rings. The van der Waals surface area contributed by atoms with Gasteiger partial charge in [-0.15, -0.1) is 0 Å². The van der Waals surface area contributed by atoms with E-state index in [1.807, 2.05) is 18.3 Å². The smallest absolute Gasteiger partial charge is 0.262 e. The molecule has 1 aliphatic heterocycles. The lowest BCUT2D eigenvalue weighted by molar-refractivity contribution is -0.138. The van der Waals surface area contributed by atoms with Crippen LogP contribution in [-0.4, -0.2) is 31.7 Å². The van der Waals surface area contributed by atoms with Gasteiger partial charge in [-0.2, -0.15) is 0 Å². The minimum atomic E-state index is -1.02. The highest BCUT2D eigenvalue weighted by Gasteiger charge is 2.67. The Balaban J connectivity index is 1.50. The van der Waals surface area contributed by atoms with E-state index in [0.717, 1.165) is 42.4 Å². The highest BCUT2D eigenvalue weighted by molar-refractivity contribution is 6.08. The van der Waals surface area contributed by atoms with Crippen LogP contribution in [0.1, 0.15) is 50.1 Å². The molecule has 3 aromatic rings. The maximum atomic E-state index is 14.5. The first-order valence-electron chi connectivity index (χ1n) is 12.4. The zero-order chi connectivity index (χ0) is 24.2. The zero-order valence-corrected chi connectivity index (χ0v) is 20.2. The van der Waals surface area contributed by atoms with E-state index in [1.165, 1.54) is 5.56 Å². The molecule has 4 atom stereocenters. The van der Waals surface area contributed by atoms with Gasteiger partial charge in [-0.3, -0.25) is 14.7 Å². The molecule has 7 nitrogen and oxygen atoms in total. The fourth-order valence-electron chi connectivity index (χ4n) is 6.56. The molecule has 1 saturated carbocycles. The summed E-state index contributed by atoms with van der Waals surface area (Å²) in [7, 11) is 0. The van der Waals surface area contributed by atoms with Crippen LogP contribution in [-0.2, 0) is 23.3 Å². The molecule has 0 bridgehead atoms. The SMILES string of the molecule is C[C@H]1CC[C@@]2(Cc3ccc(-c4cccnc4)cc3[C@]23N=C(N)N(Cc2ncccn2)C3=O)C[C@@H]1C. The van der Waals surface area contributed by atoms with Crippen molar-refractivity contribution in [2.75, 3.05) is 0 Å². The summed E-state index contributed by atoms with van der Waals surface area (Å²) in [6, 6.07) is 12.2. The van der Waals surface area contributed by atoms with Crippen molar-refractivity contribution in [2.24, 2.45) is 28.0 Å². The summed E-state index contributed by atoms with van der Waals surface area (Å²) in [4.78, 5) is 34.1. The number of fused-ring (bicyclic) bond motifs is 3. The van der Waals surface area contributed by atoms with Crippen LogP contribution in [0.2, 0.25) is 0 Å². The normalized spacial score (nSPS) is 29.6. The van der Waals surface area contributed by atoms with Crippen LogP contribution in [0.3, 0.4) is 0 Å². The van der Waals surface area contributed by atoms with Crippen molar-refractivity contribution in [1.82, 2.24) is 19.9 Å². The van der Waals surface area contributed by atoms with Gasteiger partial charge in [0.25, 0.3) is 5.91 Å². The van der Waals surface area contributed by atoms with Crippen molar-refractivity contribution in [3.8, 4) is 11.1 Å². The summed E-state index contributed by atoms with van der Waals surface area (Å²) >= 11 is 0. The van der Waals surface area contributed by atoms with Gasteiger partial charge in [0, 0.05) is 30.2 Å². The first-order chi connectivity index (χ1) is 16.9. The van der Waals surface area contributed by atoms with E-state index in [1.54, 1.807) is 29.6 Å². The average Bonchev–Trinajstić information content (AvgIpc) is 3.29. The predicted molar refractivity (Wildman–Crippen MR) is 134 cm³/mol. The molecule has 7 heteroatoms. The van der Waals surface area contributed by atoms with Crippen LogP contribution >= 0.6 is 0 Å². The van der Waals surface area contributed by atoms with Crippen LogP contribution in [0.25, 0.3) is 11.1 Å². The molecule has 0 radical (unpaired) electrons. The molecule has 6 rings (SSSR count). The van der Waals surface area contributed by atoms with Gasteiger partial charge in [0.2, 0.25) is 0 Å². The third-order valence-corrected chi connectivity index (χ3v) is 8.59. The number of guanidine groups is 1. The quantitative estimate of drug-likeness (QED) is 0.627. The molecule has 3 aliphatic rings. The molecule has 2 spiro atoms. The van der Waals surface area contributed by atoms with E-state index in [-0.39, 0.29) is 23.8 Å². The van der Waals surface area contributed by atoms with Crippen molar-refractivity contribution >= 4 is 11.9 Å². The fourth-order valence-corrected chi connectivity index (χ4v) is 6.56. The number of benzene rings is 1. The summed E-state index contributed by atoms with van der Waals surface area (Å²) in [5.74, 6) is 1.89. The number of nitrogens with zero attached hydrogens (tertiary/aromatic N) is 5. The number of hydrogen-bond acceptors (Lipinski definition) is 6. The Labute approximate surface area is 205 Å². The van der Waals surface area contributed by atoms with Crippen LogP contribution in [0, 0.1) is 17.3 Å². The molecule has 0 saturated heterocycles. The van der Waals surface area contributed by atoms with Gasteiger partial charge in [0.1, 0.15) is 5.82 Å². The zero-order valence-electron chi connectivity index (χ0n) is 20.2. The maximum absolute atomic E-state index is 14.5. The number of aliphatic imine (C=N–C) groups is 1. The fraction of sp³-hybridized carbons (Fsp3) is 0.393. The first kappa shape index (κ1) is 21.9. The van der Waals surface area contributed by atoms with Crippen molar-refractivity contribution in [2.45, 2.75) is 51.6 Å². The second kappa shape index (κ2) is 7.97. The summed E-state index contributed by atoms with van der Waals surface area (Å²) in [6.07, 6.45) is 10.8. The van der Waals surface area contributed by atoms with Crippen molar-refractivity contribution in [3.05, 3.63) is 78.1 Å². The summed E-state index contributed by atoms with van der Waals surface area (Å²) in [5, 5.41) is 0. The topological polar surface area (TPSA) is 97.4 Å². The number of pyridine rings is 1.